The first-order valence-corrected chi connectivity index (χ1v) is 4.77. The summed E-state index contributed by atoms with van der Waals surface area (Å²) in [7, 11) is 0. The first-order chi connectivity index (χ1) is 6.22. The van der Waals surface area contributed by atoms with E-state index in [9.17, 15) is 9.59 Å². The predicted molar refractivity (Wildman–Crippen MR) is 55.7 cm³/mol. The molecule has 1 unspecified atom stereocenters. The quantitative estimate of drug-likeness (QED) is 0.703. The summed E-state index contributed by atoms with van der Waals surface area (Å²) < 4.78 is 0. The zero-order valence-corrected chi connectivity index (χ0v) is 9.60. The number of nitrogens with one attached hydrogen (secondary N) is 2. The Hall–Kier alpha value is -1.06. The second-order valence-electron chi connectivity index (χ2n) is 4.70. The molecule has 0 aliphatic heterocycles. The molecule has 4 nitrogen and oxygen atoms in total. The van der Waals surface area contributed by atoms with Crippen LogP contribution < -0.4 is 10.6 Å². The van der Waals surface area contributed by atoms with Gasteiger partial charge in [-0.25, -0.2) is 0 Å². The fourth-order valence-corrected chi connectivity index (χ4v) is 0.876. The van der Waals surface area contributed by atoms with Gasteiger partial charge in [0.25, 0.3) is 0 Å². The lowest BCUT2D eigenvalue weighted by atomic mass is 9.97. The average Bonchev–Trinajstić information content (AvgIpc) is 1.97. The molecular weight excluding hydrogens is 180 g/mol. The molecular formula is C10H20N2O2. The molecule has 0 bridgehead atoms. The third-order valence-electron chi connectivity index (χ3n) is 1.61. The summed E-state index contributed by atoms with van der Waals surface area (Å²) in [6.07, 6.45) is 0. The molecule has 0 aromatic heterocycles. The molecule has 0 saturated heterocycles. The van der Waals surface area contributed by atoms with Gasteiger partial charge in [0, 0.05) is 13.5 Å². The van der Waals surface area contributed by atoms with Crippen LogP contribution in [0.2, 0.25) is 0 Å². The van der Waals surface area contributed by atoms with Crippen molar-refractivity contribution in [3.8, 4) is 0 Å². The fourth-order valence-electron chi connectivity index (χ4n) is 0.876. The standard InChI is InChI=1S/C10H20N2O2/c1-7(12-8(2)13)9(14)11-6-10(3,4)5/h7H,6H2,1-5H3,(H,11,14)(H,12,13). The van der Waals surface area contributed by atoms with Crippen LogP contribution >= 0.6 is 0 Å². The lowest BCUT2D eigenvalue weighted by molar-refractivity contribution is -0.127. The van der Waals surface area contributed by atoms with E-state index in [4.69, 9.17) is 0 Å². The Morgan fingerprint density at radius 2 is 1.79 bits per heavy atom. The Morgan fingerprint density at radius 3 is 2.14 bits per heavy atom. The minimum Gasteiger partial charge on any atom is -0.354 e. The highest BCUT2D eigenvalue weighted by Crippen LogP contribution is 2.10. The van der Waals surface area contributed by atoms with Crippen molar-refractivity contribution in [1.82, 2.24) is 10.6 Å². The molecule has 0 aliphatic carbocycles. The van der Waals surface area contributed by atoms with Crippen LogP contribution in [0.1, 0.15) is 34.6 Å². The molecule has 82 valence electrons. The summed E-state index contributed by atoms with van der Waals surface area (Å²) in [5.41, 5.74) is 0.0611. The first-order valence-electron chi connectivity index (χ1n) is 4.77. The highest BCUT2D eigenvalue weighted by molar-refractivity contribution is 5.86. The SMILES string of the molecule is CC(=O)NC(C)C(=O)NCC(C)(C)C. The fraction of sp³-hybridized carbons (Fsp3) is 0.800. The van der Waals surface area contributed by atoms with Crippen LogP contribution in [0.15, 0.2) is 0 Å². The maximum atomic E-state index is 11.4. The lowest BCUT2D eigenvalue weighted by Crippen LogP contribution is -2.46. The zero-order valence-electron chi connectivity index (χ0n) is 9.60. The summed E-state index contributed by atoms with van der Waals surface area (Å²) in [4.78, 5) is 22.1. The van der Waals surface area contributed by atoms with Gasteiger partial charge >= 0.3 is 0 Å². The minimum absolute atomic E-state index is 0.0611. The molecule has 0 aromatic rings. The van der Waals surface area contributed by atoms with Crippen LogP contribution in [0.4, 0.5) is 0 Å². The predicted octanol–water partition coefficient (Wildman–Crippen LogP) is 0.673. The van der Waals surface area contributed by atoms with Gasteiger partial charge < -0.3 is 10.6 Å². The summed E-state index contributed by atoms with van der Waals surface area (Å²) in [6.45, 7) is 9.78. The van der Waals surface area contributed by atoms with Crippen molar-refractivity contribution >= 4 is 11.8 Å². The van der Waals surface area contributed by atoms with Crippen molar-refractivity contribution in [3.63, 3.8) is 0 Å². The number of carbonyl (C=O) groups excluding carboxylic acids is 2. The summed E-state index contributed by atoms with van der Waals surface area (Å²) >= 11 is 0. The van der Waals surface area contributed by atoms with Gasteiger partial charge in [-0.1, -0.05) is 20.8 Å². The van der Waals surface area contributed by atoms with Crippen LogP contribution in [0.25, 0.3) is 0 Å². The zero-order chi connectivity index (χ0) is 11.4. The topological polar surface area (TPSA) is 58.2 Å². The molecule has 4 heteroatoms. The van der Waals surface area contributed by atoms with Gasteiger partial charge in [-0.3, -0.25) is 9.59 Å². The lowest BCUT2D eigenvalue weighted by Gasteiger charge is -2.20. The Balaban J connectivity index is 3.91. The van der Waals surface area contributed by atoms with Crippen molar-refractivity contribution in [2.24, 2.45) is 5.41 Å². The number of rotatable bonds is 3. The van der Waals surface area contributed by atoms with E-state index < -0.39 is 6.04 Å². The van der Waals surface area contributed by atoms with E-state index >= 15 is 0 Å². The van der Waals surface area contributed by atoms with Gasteiger partial charge in [-0.2, -0.15) is 0 Å². The van der Waals surface area contributed by atoms with Crippen molar-refractivity contribution in [1.29, 1.82) is 0 Å². The van der Waals surface area contributed by atoms with E-state index in [1.165, 1.54) is 6.92 Å². The maximum Gasteiger partial charge on any atom is 0.242 e. The van der Waals surface area contributed by atoms with Crippen LogP contribution in [0, 0.1) is 5.41 Å². The van der Waals surface area contributed by atoms with Gasteiger partial charge in [0.15, 0.2) is 0 Å². The summed E-state index contributed by atoms with van der Waals surface area (Å²) in [5, 5.41) is 5.30. The normalized spacial score (nSPS) is 13.2. The van der Waals surface area contributed by atoms with Crippen molar-refractivity contribution < 1.29 is 9.59 Å². The van der Waals surface area contributed by atoms with E-state index in [0.29, 0.717) is 6.54 Å². The second-order valence-corrected chi connectivity index (χ2v) is 4.70. The Morgan fingerprint density at radius 1 is 1.29 bits per heavy atom. The third-order valence-corrected chi connectivity index (χ3v) is 1.61. The van der Waals surface area contributed by atoms with Gasteiger partial charge in [0.2, 0.25) is 11.8 Å². The highest BCUT2D eigenvalue weighted by atomic mass is 16.2. The van der Waals surface area contributed by atoms with Crippen LogP contribution in [0.3, 0.4) is 0 Å². The molecule has 0 saturated carbocycles. The molecule has 2 amide bonds. The molecule has 0 aromatic carbocycles. The molecule has 0 heterocycles. The van der Waals surface area contributed by atoms with E-state index in [0.717, 1.165) is 0 Å². The smallest absolute Gasteiger partial charge is 0.242 e. The first kappa shape index (κ1) is 12.9. The number of hydrogen-bond acceptors (Lipinski definition) is 2. The van der Waals surface area contributed by atoms with Crippen LogP contribution in [-0.2, 0) is 9.59 Å². The Labute approximate surface area is 85.4 Å². The monoisotopic (exact) mass is 200 g/mol. The number of carbonyl (C=O) groups is 2. The molecule has 0 rings (SSSR count). The van der Waals surface area contributed by atoms with Crippen molar-refractivity contribution in [2.75, 3.05) is 6.54 Å². The summed E-state index contributed by atoms with van der Waals surface area (Å²) in [5.74, 6) is -0.335. The van der Waals surface area contributed by atoms with E-state index in [1.807, 2.05) is 20.8 Å². The summed E-state index contributed by atoms with van der Waals surface area (Å²) in [6, 6.07) is -0.463. The maximum absolute atomic E-state index is 11.4. The number of hydrogen-bond donors (Lipinski definition) is 2. The molecule has 0 aliphatic rings. The van der Waals surface area contributed by atoms with E-state index in [-0.39, 0.29) is 17.2 Å². The molecule has 14 heavy (non-hydrogen) atoms. The Kier molecular flexibility index (Phi) is 4.60. The van der Waals surface area contributed by atoms with Gasteiger partial charge in [0.1, 0.15) is 6.04 Å². The average molecular weight is 200 g/mol. The van der Waals surface area contributed by atoms with E-state index in [2.05, 4.69) is 10.6 Å². The van der Waals surface area contributed by atoms with Gasteiger partial charge in [-0.05, 0) is 12.3 Å². The molecule has 0 radical (unpaired) electrons. The van der Waals surface area contributed by atoms with Crippen LogP contribution in [-0.4, -0.2) is 24.4 Å². The largest absolute Gasteiger partial charge is 0.354 e. The van der Waals surface area contributed by atoms with Gasteiger partial charge in [0.05, 0.1) is 0 Å². The molecule has 0 fully saturated rings. The highest BCUT2D eigenvalue weighted by Gasteiger charge is 2.16. The van der Waals surface area contributed by atoms with Crippen LogP contribution in [0.5, 0.6) is 0 Å². The van der Waals surface area contributed by atoms with Gasteiger partial charge in [-0.15, -0.1) is 0 Å². The second kappa shape index (κ2) is 4.98. The minimum atomic E-state index is -0.463. The van der Waals surface area contributed by atoms with E-state index in [1.54, 1.807) is 6.92 Å². The third kappa shape index (κ3) is 6.46. The molecule has 0 spiro atoms. The van der Waals surface area contributed by atoms with Crippen molar-refractivity contribution in [2.45, 2.75) is 40.7 Å². The molecule has 2 N–H and O–H groups in total. The van der Waals surface area contributed by atoms with Crippen molar-refractivity contribution in [3.05, 3.63) is 0 Å². The Bertz CT molecular complexity index is 219. The molecule has 1 atom stereocenters. The number of amides is 2.